The van der Waals surface area contributed by atoms with Crippen molar-refractivity contribution in [3.05, 3.63) is 29.8 Å². The summed E-state index contributed by atoms with van der Waals surface area (Å²) in [7, 11) is 0. The molecule has 1 aliphatic heterocycles. The Labute approximate surface area is 103 Å². The highest BCUT2D eigenvalue weighted by molar-refractivity contribution is 5.94. The van der Waals surface area contributed by atoms with Crippen LogP contribution in [-0.2, 0) is 4.79 Å². The lowest BCUT2D eigenvalue weighted by atomic mass is 9.98. The first kappa shape index (κ1) is 12.5. The second kappa shape index (κ2) is 5.12. The monoisotopic (exact) mass is 252 g/mol. The molecular formula is C12H13FN2O3. The van der Waals surface area contributed by atoms with Gasteiger partial charge in [0.2, 0.25) is 0 Å². The van der Waals surface area contributed by atoms with Crippen LogP contribution in [0.4, 0.5) is 4.39 Å². The standard InChI is InChI=1S/C12H13FN2O3/c13-10-6-14-4-3-9(10)11(16)15-5-1-2-8(7-15)12(17)18/h3-4,6,8H,1-2,5,7H2,(H,17,18). The number of aliphatic carboxylic acids is 1. The van der Waals surface area contributed by atoms with E-state index in [4.69, 9.17) is 5.11 Å². The summed E-state index contributed by atoms with van der Waals surface area (Å²) in [5.74, 6) is -2.63. The molecule has 0 aromatic carbocycles. The van der Waals surface area contributed by atoms with Crippen molar-refractivity contribution in [2.75, 3.05) is 13.1 Å². The number of nitrogens with zero attached hydrogens (tertiary/aromatic N) is 2. The summed E-state index contributed by atoms with van der Waals surface area (Å²) >= 11 is 0. The van der Waals surface area contributed by atoms with E-state index in [0.29, 0.717) is 19.4 Å². The van der Waals surface area contributed by atoms with E-state index in [1.165, 1.54) is 17.2 Å². The average molecular weight is 252 g/mol. The number of carboxylic acid groups (broad SMARTS) is 1. The fourth-order valence-electron chi connectivity index (χ4n) is 2.08. The molecule has 1 aromatic rings. The molecule has 0 spiro atoms. The van der Waals surface area contributed by atoms with E-state index in [1.54, 1.807) is 0 Å². The Bertz CT molecular complexity index is 478. The van der Waals surface area contributed by atoms with Crippen LogP contribution in [0.2, 0.25) is 0 Å². The van der Waals surface area contributed by atoms with E-state index in [0.717, 1.165) is 6.20 Å². The van der Waals surface area contributed by atoms with Crippen LogP contribution in [0, 0.1) is 11.7 Å². The molecule has 0 aliphatic carbocycles. The lowest BCUT2D eigenvalue weighted by molar-refractivity contribution is -0.143. The Kier molecular flexibility index (Phi) is 3.55. The number of rotatable bonds is 2. The van der Waals surface area contributed by atoms with E-state index >= 15 is 0 Å². The first-order valence-electron chi connectivity index (χ1n) is 5.71. The number of piperidine rings is 1. The van der Waals surface area contributed by atoms with Crippen LogP contribution in [0.15, 0.2) is 18.5 Å². The van der Waals surface area contributed by atoms with Gasteiger partial charge in [0, 0.05) is 19.3 Å². The molecule has 2 heterocycles. The van der Waals surface area contributed by atoms with E-state index in [2.05, 4.69) is 4.98 Å². The minimum absolute atomic E-state index is 0.0592. The van der Waals surface area contributed by atoms with E-state index < -0.39 is 23.6 Å². The van der Waals surface area contributed by atoms with Crippen molar-refractivity contribution in [1.29, 1.82) is 0 Å². The Balaban J connectivity index is 2.14. The van der Waals surface area contributed by atoms with Crippen molar-refractivity contribution in [1.82, 2.24) is 9.88 Å². The lowest BCUT2D eigenvalue weighted by Gasteiger charge is -2.30. The number of carbonyl (C=O) groups is 2. The molecule has 0 radical (unpaired) electrons. The smallest absolute Gasteiger partial charge is 0.308 e. The summed E-state index contributed by atoms with van der Waals surface area (Å²) in [6.07, 6.45) is 3.49. The number of carboxylic acids is 1. The van der Waals surface area contributed by atoms with Crippen molar-refractivity contribution in [3.63, 3.8) is 0 Å². The fraction of sp³-hybridized carbons (Fsp3) is 0.417. The molecule has 5 nitrogen and oxygen atoms in total. The van der Waals surface area contributed by atoms with Gasteiger partial charge in [-0.25, -0.2) is 4.39 Å². The second-order valence-electron chi connectivity index (χ2n) is 4.28. The van der Waals surface area contributed by atoms with Gasteiger partial charge in [-0.3, -0.25) is 14.6 Å². The number of aromatic nitrogens is 1. The second-order valence-corrected chi connectivity index (χ2v) is 4.28. The number of likely N-dealkylation sites (tertiary alicyclic amines) is 1. The molecule has 1 saturated heterocycles. The largest absolute Gasteiger partial charge is 0.481 e. The predicted octanol–water partition coefficient (Wildman–Crippen LogP) is 1.16. The minimum Gasteiger partial charge on any atom is -0.481 e. The van der Waals surface area contributed by atoms with Crippen molar-refractivity contribution >= 4 is 11.9 Å². The van der Waals surface area contributed by atoms with Gasteiger partial charge < -0.3 is 10.0 Å². The molecule has 1 aliphatic rings. The molecule has 96 valence electrons. The van der Waals surface area contributed by atoms with Crippen molar-refractivity contribution < 1.29 is 19.1 Å². The van der Waals surface area contributed by atoms with Gasteiger partial charge in [-0.2, -0.15) is 0 Å². The van der Waals surface area contributed by atoms with Crippen LogP contribution < -0.4 is 0 Å². The van der Waals surface area contributed by atoms with E-state index in [1.807, 2.05) is 0 Å². The van der Waals surface area contributed by atoms with Crippen molar-refractivity contribution in [2.45, 2.75) is 12.8 Å². The van der Waals surface area contributed by atoms with Gasteiger partial charge in [0.1, 0.15) is 0 Å². The summed E-state index contributed by atoms with van der Waals surface area (Å²) < 4.78 is 13.4. The zero-order valence-electron chi connectivity index (χ0n) is 9.67. The summed E-state index contributed by atoms with van der Waals surface area (Å²) in [5, 5.41) is 8.94. The van der Waals surface area contributed by atoms with E-state index in [-0.39, 0.29) is 12.1 Å². The normalized spacial score (nSPS) is 19.6. The molecule has 1 aromatic heterocycles. The average Bonchev–Trinajstić information content (AvgIpc) is 2.38. The van der Waals surface area contributed by atoms with Gasteiger partial charge in [0.05, 0.1) is 17.7 Å². The third-order valence-electron chi connectivity index (χ3n) is 3.06. The zero-order chi connectivity index (χ0) is 13.1. The van der Waals surface area contributed by atoms with Crippen LogP contribution in [0.3, 0.4) is 0 Å². The number of hydrogen-bond donors (Lipinski definition) is 1. The van der Waals surface area contributed by atoms with Gasteiger partial charge >= 0.3 is 5.97 Å². The molecule has 1 amide bonds. The third kappa shape index (κ3) is 2.47. The summed E-state index contributed by atoms with van der Waals surface area (Å²) in [6.45, 7) is 0.598. The number of carbonyl (C=O) groups excluding carboxylic acids is 1. The third-order valence-corrected chi connectivity index (χ3v) is 3.06. The lowest BCUT2D eigenvalue weighted by Crippen LogP contribution is -2.42. The Morgan fingerprint density at radius 1 is 1.50 bits per heavy atom. The fourth-order valence-corrected chi connectivity index (χ4v) is 2.08. The molecule has 1 fully saturated rings. The summed E-state index contributed by atoms with van der Waals surface area (Å²) in [5.41, 5.74) is -0.0592. The molecule has 0 bridgehead atoms. The molecule has 1 N–H and O–H groups in total. The Hall–Kier alpha value is -1.98. The molecule has 0 saturated carbocycles. The predicted molar refractivity (Wildman–Crippen MR) is 60.5 cm³/mol. The molecule has 1 atom stereocenters. The first-order valence-corrected chi connectivity index (χ1v) is 5.71. The molecular weight excluding hydrogens is 239 g/mol. The minimum atomic E-state index is -0.914. The Morgan fingerprint density at radius 3 is 2.94 bits per heavy atom. The van der Waals surface area contributed by atoms with Crippen molar-refractivity contribution in [3.8, 4) is 0 Å². The molecule has 2 rings (SSSR count). The zero-order valence-corrected chi connectivity index (χ0v) is 9.67. The van der Waals surface area contributed by atoms with Crippen LogP contribution in [0.1, 0.15) is 23.2 Å². The quantitative estimate of drug-likeness (QED) is 0.857. The topological polar surface area (TPSA) is 70.5 Å². The summed E-state index contributed by atoms with van der Waals surface area (Å²) in [6, 6.07) is 1.31. The van der Waals surface area contributed by atoms with Gasteiger partial charge in [0.15, 0.2) is 5.82 Å². The number of hydrogen-bond acceptors (Lipinski definition) is 3. The maximum atomic E-state index is 13.4. The highest BCUT2D eigenvalue weighted by Crippen LogP contribution is 2.19. The van der Waals surface area contributed by atoms with Gasteiger partial charge in [-0.15, -0.1) is 0 Å². The van der Waals surface area contributed by atoms with Gasteiger partial charge in [-0.1, -0.05) is 0 Å². The molecule has 18 heavy (non-hydrogen) atoms. The van der Waals surface area contributed by atoms with Gasteiger partial charge in [-0.05, 0) is 18.9 Å². The van der Waals surface area contributed by atoms with Crippen LogP contribution >= 0.6 is 0 Å². The molecule has 6 heteroatoms. The van der Waals surface area contributed by atoms with E-state index in [9.17, 15) is 14.0 Å². The number of halogens is 1. The molecule has 1 unspecified atom stereocenters. The highest BCUT2D eigenvalue weighted by Gasteiger charge is 2.29. The first-order chi connectivity index (χ1) is 8.59. The van der Waals surface area contributed by atoms with Crippen LogP contribution in [0.5, 0.6) is 0 Å². The summed E-state index contributed by atoms with van der Waals surface area (Å²) in [4.78, 5) is 27.9. The highest BCUT2D eigenvalue weighted by atomic mass is 19.1. The van der Waals surface area contributed by atoms with Crippen molar-refractivity contribution in [2.24, 2.45) is 5.92 Å². The maximum Gasteiger partial charge on any atom is 0.308 e. The maximum absolute atomic E-state index is 13.4. The van der Waals surface area contributed by atoms with Gasteiger partial charge in [0.25, 0.3) is 5.91 Å². The SMILES string of the molecule is O=C(O)C1CCCN(C(=O)c2ccncc2F)C1. The number of amides is 1. The Morgan fingerprint density at radius 2 is 2.28 bits per heavy atom. The van der Waals surface area contributed by atoms with Crippen LogP contribution in [0.25, 0.3) is 0 Å². The van der Waals surface area contributed by atoms with Crippen LogP contribution in [-0.4, -0.2) is 40.0 Å². The number of pyridine rings is 1.